The standard InChI is InChI=1S/C10H9BrS3/c1-13-8-3-2-6(4-11)9-7(12)5-14-10(8)9/h2-3,5,12H,4H2,1H3. The number of thioether (sulfide) groups is 1. The first-order valence-electron chi connectivity index (χ1n) is 4.10. The monoisotopic (exact) mass is 304 g/mol. The number of thiol groups is 1. The van der Waals surface area contributed by atoms with Crippen LogP contribution in [0.1, 0.15) is 5.56 Å². The Hall–Kier alpha value is 0.360. The summed E-state index contributed by atoms with van der Waals surface area (Å²) in [5.41, 5.74) is 1.32. The minimum atomic E-state index is 0.891. The number of fused-ring (bicyclic) bond motifs is 1. The molecule has 0 nitrogen and oxygen atoms in total. The number of hydrogen-bond acceptors (Lipinski definition) is 3. The van der Waals surface area contributed by atoms with Crippen LogP contribution in [0.4, 0.5) is 0 Å². The quantitative estimate of drug-likeness (QED) is 0.472. The highest BCUT2D eigenvalue weighted by Gasteiger charge is 2.09. The van der Waals surface area contributed by atoms with E-state index in [1.54, 1.807) is 23.1 Å². The molecule has 0 bridgehead atoms. The summed E-state index contributed by atoms with van der Waals surface area (Å²) in [4.78, 5) is 2.44. The molecule has 0 saturated heterocycles. The Labute approximate surface area is 106 Å². The molecule has 0 radical (unpaired) electrons. The number of thiophene rings is 1. The molecule has 0 N–H and O–H groups in total. The maximum Gasteiger partial charge on any atom is 0.0493 e. The third-order valence-electron chi connectivity index (χ3n) is 2.12. The van der Waals surface area contributed by atoms with Gasteiger partial charge < -0.3 is 0 Å². The van der Waals surface area contributed by atoms with Crippen LogP contribution in [0.15, 0.2) is 27.3 Å². The van der Waals surface area contributed by atoms with Gasteiger partial charge in [0.2, 0.25) is 0 Å². The summed E-state index contributed by atoms with van der Waals surface area (Å²) in [6.07, 6.45) is 2.11. The molecular formula is C10H9BrS3. The number of halogens is 1. The number of hydrogen-bond donors (Lipinski definition) is 1. The van der Waals surface area contributed by atoms with Crippen molar-refractivity contribution in [1.29, 1.82) is 0 Å². The number of benzene rings is 1. The second kappa shape index (κ2) is 4.47. The summed E-state index contributed by atoms with van der Waals surface area (Å²) < 4.78 is 1.36. The van der Waals surface area contributed by atoms with Gasteiger partial charge in [-0.25, -0.2) is 0 Å². The zero-order valence-electron chi connectivity index (χ0n) is 7.58. The Morgan fingerprint density at radius 1 is 1.50 bits per heavy atom. The van der Waals surface area contributed by atoms with E-state index in [4.69, 9.17) is 0 Å². The van der Waals surface area contributed by atoms with Crippen molar-refractivity contribution in [2.24, 2.45) is 0 Å². The van der Waals surface area contributed by atoms with E-state index in [0.29, 0.717) is 0 Å². The van der Waals surface area contributed by atoms with Crippen LogP contribution in [0.2, 0.25) is 0 Å². The van der Waals surface area contributed by atoms with E-state index in [0.717, 1.165) is 10.2 Å². The van der Waals surface area contributed by atoms with Crippen LogP contribution in [-0.4, -0.2) is 6.26 Å². The summed E-state index contributed by atoms with van der Waals surface area (Å²) in [6, 6.07) is 4.36. The molecule has 1 aromatic heterocycles. The minimum Gasteiger partial charge on any atom is -0.142 e. The lowest BCUT2D eigenvalue weighted by atomic mass is 10.1. The van der Waals surface area contributed by atoms with Crippen molar-refractivity contribution in [3.8, 4) is 0 Å². The second-order valence-electron chi connectivity index (χ2n) is 2.89. The number of alkyl halides is 1. The third kappa shape index (κ3) is 1.73. The van der Waals surface area contributed by atoms with Crippen LogP contribution >= 0.6 is 51.7 Å². The highest BCUT2D eigenvalue weighted by Crippen LogP contribution is 2.38. The first-order chi connectivity index (χ1) is 6.77. The van der Waals surface area contributed by atoms with Crippen molar-refractivity contribution >= 4 is 61.7 Å². The summed E-state index contributed by atoms with van der Waals surface area (Å²) >= 11 is 11.6. The van der Waals surface area contributed by atoms with Crippen molar-refractivity contribution in [3.63, 3.8) is 0 Å². The van der Waals surface area contributed by atoms with Crippen molar-refractivity contribution in [1.82, 2.24) is 0 Å². The lowest BCUT2D eigenvalue weighted by molar-refractivity contribution is 1.43. The van der Waals surface area contributed by atoms with E-state index in [9.17, 15) is 0 Å². The van der Waals surface area contributed by atoms with Crippen molar-refractivity contribution in [2.45, 2.75) is 15.1 Å². The van der Waals surface area contributed by atoms with Crippen molar-refractivity contribution in [3.05, 3.63) is 23.1 Å². The molecule has 0 saturated carbocycles. The topological polar surface area (TPSA) is 0 Å². The van der Waals surface area contributed by atoms with Crippen LogP contribution < -0.4 is 0 Å². The maximum atomic E-state index is 4.49. The van der Waals surface area contributed by atoms with E-state index < -0.39 is 0 Å². The molecule has 0 fully saturated rings. The SMILES string of the molecule is CSc1ccc(CBr)c2c(S)csc12. The Morgan fingerprint density at radius 2 is 2.29 bits per heavy atom. The first kappa shape index (κ1) is 10.9. The summed E-state index contributed by atoms with van der Waals surface area (Å²) in [6.45, 7) is 0. The highest BCUT2D eigenvalue weighted by atomic mass is 79.9. The van der Waals surface area contributed by atoms with E-state index >= 15 is 0 Å². The van der Waals surface area contributed by atoms with Crippen LogP contribution in [0.5, 0.6) is 0 Å². The lowest BCUT2D eigenvalue weighted by Crippen LogP contribution is -1.80. The van der Waals surface area contributed by atoms with Gasteiger partial charge in [0.25, 0.3) is 0 Å². The maximum absolute atomic E-state index is 4.49. The van der Waals surface area contributed by atoms with E-state index in [2.05, 4.69) is 52.3 Å². The molecule has 1 aromatic carbocycles. The Morgan fingerprint density at radius 3 is 2.93 bits per heavy atom. The molecule has 2 rings (SSSR count). The molecule has 0 aliphatic rings. The molecule has 0 unspecified atom stereocenters. The van der Waals surface area contributed by atoms with Crippen LogP contribution in [0.25, 0.3) is 10.1 Å². The minimum absolute atomic E-state index is 0.891. The van der Waals surface area contributed by atoms with E-state index in [1.165, 1.54) is 20.5 Å². The normalized spacial score (nSPS) is 11.1. The van der Waals surface area contributed by atoms with Crippen LogP contribution in [0, 0.1) is 0 Å². The van der Waals surface area contributed by atoms with Crippen molar-refractivity contribution in [2.75, 3.05) is 6.26 Å². The van der Waals surface area contributed by atoms with Crippen molar-refractivity contribution < 1.29 is 0 Å². The van der Waals surface area contributed by atoms with Gasteiger partial charge >= 0.3 is 0 Å². The van der Waals surface area contributed by atoms with E-state index in [-0.39, 0.29) is 0 Å². The molecule has 1 heterocycles. The van der Waals surface area contributed by atoms with Gasteiger partial charge in [-0.2, -0.15) is 0 Å². The fraction of sp³-hybridized carbons (Fsp3) is 0.200. The van der Waals surface area contributed by atoms with Gasteiger partial charge in [-0.3, -0.25) is 0 Å². The van der Waals surface area contributed by atoms with E-state index in [1.807, 2.05) is 0 Å². The Kier molecular flexibility index (Phi) is 3.47. The fourth-order valence-corrected chi connectivity index (χ4v) is 4.18. The molecule has 14 heavy (non-hydrogen) atoms. The molecule has 0 aliphatic heterocycles. The van der Waals surface area contributed by atoms with Gasteiger partial charge in [0.15, 0.2) is 0 Å². The molecule has 74 valence electrons. The van der Waals surface area contributed by atoms with Gasteiger partial charge in [0, 0.05) is 30.6 Å². The largest absolute Gasteiger partial charge is 0.142 e. The Bertz CT molecular complexity index is 462. The smallest absolute Gasteiger partial charge is 0.0493 e. The zero-order chi connectivity index (χ0) is 10.1. The molecule has 4 heteroatoms. The van der Waals surface area contributed by atoms with Crippen LogP contribution in [0.3, 0.4) is 0 Å². The molecule has 0 amide bonds. The molecule has 0 atom stereocenters. The highest BCUT2D eigenvalue weighted by molar-refractivity contribution is 9.08. The van der Waals surface area contributed by atoms with Gasteiger partial charge in [-0.1, -0.05) is 22.0 Å². The molecule has 0 aliphatic carbocycles. The second-order valence-corrected chi connectivity index (χ2v) is 5.66. The zero-order valence-corrected chi connectivity index (χ0v) is 11.7. The molecule has 0 spiro atoms. The average molecular weight is 305 g/mol. The average Bonchev–Trinajstić information content (AvgIpc) is 2.60. The first-order valence-corrected chi connectivity index (χ1v) is 7.77. The van der Waals surface area contributed by atoms with Gasteiger partial charge in [-0.15, -0.1) is 35.7 Å². The summed E-state index contributed by atoms with van der Waals surface area (Å²) in [5.74, 6) is 0. The Balaban J connectivity index is 2.81. The molecular weight excluding hydrogens is 296 g/mol. The van der Waals surface area contributed by atoms with Gasteiger partial charge in [0.05, 0.1) is 0 Å². The molecule has 2 aromatic rings. The lowest BCUT2D eigenvalue weighted by Gasteiger charge is -2.03. The van der Waals surface area contributed by atoms with Gasteiger partial charge in [-0.05, 0) is 17.9 Å². The third-order valence-corrected chi connectivity index (χ3v) is 5.17. The summed E-state index contributed by atoms with van der Waals surface area (Å²) in [5, 5.41) is 4.31. The predicted molar refractivity (Wildman–Crippen MR) is 73.5 cm³/mol. The fourth-order valence-electron chi connectivity index (χ4n) is 1.45. The summed E-state index contributed by atoms with van der Waals surface area (Å²) in [7, 11) is 0. The van der Waals surface area contributed by atoms with Crippen LogP contribution in [-0.2, 0) is 5.33 Å². The predicted octanol–water partition coefficient (Wildman–Crippen LogP) is 4.81. The number of rotatable bonds is 2. The van der Waals surface area contributed by atoms with Gasteiger partial charge in [0.1, 0.15) is 0 Å².